The number of hydrogen-bond donors (Lipinski definition) is 2. The Morgan fingerprint density at radius 3 is 2.79 bits per heavy atom. The summed E-state index contributed by atoms with van der Waals surface area (Å²) in [4.78, 5) is 51.4. The van der Waals surface area contributed by atoms with Crippen molar-refractivity contribution in [2.24, 2.45) is 0 Å². The van der Waals surface area contributed by atoms with Gasteiger partial charge in [-0.15, -0.1) is 11.3 Å². The van der Waals surface area contributed by atoms with E-state index in [1.807, 2.05) is 0 Å². The van der Waals surface area contributed by atoms with Crippen molar-refractivity contribution in [1.82, 2.24) is 15.5 Å². The summed E-state index contributed by atoms with van der Waals surface area (Å²) in [5.74, 6) is -1.35. The lowest BCUT2D eigenvalue weighted by molar-refractivity contribution is -0.147. The lowest BCUT2D eigenvalue weighted by atomic mass is 10.0. The van der Waals surface area contributed by atoms with Gasteiger partial charge in [-0.05, 0) is 38.1 Å². The summed E-state index contributed by atoms with van der Waals surface area (Å²) in [6.45, 7) is 3.69. The van der Waals surface area contributed by atoms with Crippen LogP contribution in [0.1, 0.15) is 36.4 Å². The highest BCUT2D eigenvalue weighted by Crippen LogP contribution is 2.23. The van der Waals surface area contributed by atoms with Crippen molar-refractivity contribution in [3.05, 3.63) is 33.7 Å². The maximum absolute atomic E-state index is 12.7. The molecule has 1 aromatic rings. The highest BCUT2D eigenvalue weighted by Gasteiger charge is 2.37. The van der Waals surface area contributed by atoms with Gasteiger partial charge in [0.2, 0.25) is 0 Å². The van der Waals surface area contributed by atoms with E-state index in [9.17, 15) is 19.2 Å². The fourth-order valence-corrected chi connectivity index (χ4v) is 4.11. The SMILES string of the molecule is CCOC(=O)C1=C(COC(=O)[C@@H]2CCCN2C(=O)c2cccs2)NC(=O)N[C@@H]1C. The van der Waals surface area contributed by atoms with Crippen LogP contribution in [-0.2, 0) is 19.1 Å². The molecule has 3 amide bonds. The third-order valence-electron chi connectivity index (χ3n) is 4.74. The molecule has 2 aliphatic rings. The van der Waals surface area contributed by atoms with Crippen molar-refractivity contribution < 1.29 is 28.7 Å². The molecule has 10 heteroatoms. The third-order valence-corrected chi connectivity index (χ3v) is 5.60. The Kier molecular flexibility index (Phi) is 6.53. The van der Waals surface area contributed by atoms with E-state index in [2.05, 4.69) is 10.6 Å². The molecular formula is C19H23N3O6S. The molecule has 0 spiro atoms. The van der Waals surface area contributed by atoms with Gasteiger partial charge < -0.3 is 25.0 Å². The molecule has 3 rings (SSSR count). The highest BCUT2D eigenvalue weighted by atomic mass is 32.1. The molecule has 1 saturated heterocycles. The molecule has 2 N–H and O–H groups in total. The Morgan fingerprint density at radius 2 is 2.10 bits per heavy atom. The minimum atomic E-state index is -0.689. The number of amides is 3. The molecule has 9 nitrogen and oxygen atoms in total. The topological polar surface area (TPSA) is 114 Å². The first-order valence-electron chi connectivity index (χ1n) is 9.41. The second kappa shape index (κ2) is 9.08. The van der Waals surface area contributed by atoms with Crippen molar-refractivity contribution in [2.75, 3.05) is 19.8 Å². The van der Waals surface area contributed by atoms with Crippen LogP contribution in [0.5, 0.6) is 0 Å². The van der Waals surface area contributed by atoms with E-state index >= 15 is 0 Å². The standard InChI is InChI=1S/C19H23N3O6S/c1-3-27-18(25)15-11(2)20-19(26)21-12(15)10-28-17(24)13-6-4-8-22(13)16(23)14-7-5-9-29-14/h5,7,9,11,13H,3-4,6,8,10H2,1-2H3,(H2,20,21,26)/t11-,13+/m1/s1. The number of nitrogens with zero attached hydrogens (tertiary/aromatic N) is 1. The first kappa shape index (κ1) is 20.8. The summed E-state index contributed by atoms with van der Waals surface area (Å²) >= 11 is 1.32. The Hall–Kier alpha value is -2.88. The quantitative estimate of drug-likeness (QED) is 0.672. The van der Waals surface area contributed by atoms with E-state index in [1.54, 1.807) is 31.4 Å². The van der Waals surface area contributed by atoms with Crippen LogP contribution in [0.3, 0.4) is 0 Å². The summed E-state index contributed by atoms with van der Waals surface area (Å²) in [6, 6.07) is 1.74. The van der Waals surface area contributed by atoms with Crippen LogP contribution < -0.4 is 10.6 Å². The Bertz CT molecular complexity index is 835. The van der Waals surface area contributed by atoms with Crippen molar-refractivity contribution in [1.29, 1.82) is 0 Å². The van der Waals surface area contributed by atoms with Gasteiger partial charge >= 0.3 is 18.0 Å². The minimum absolute atomic E-state index is 0.179. The first-order valence-corrected chi connectivity index (χ1v) is 10.3. The first-order chi connectivity index (χ1) is 13.9. The average Bonchev–Trinajstić information content (AvgIpc) is 3.37. The molecule has 29 heavy (non-hydrogen) atoms. The number of rotatable bonds is 6. The summed E-state index contributed by atoms with van der Waals surface area (Å²) in [7, 11) is 0. The Morgan fingerprint density at radius 1 is 1.31 bits per heavy atom. The van der Waals surface area contributed by atoms with E-state index in [0.29, 0.717) is 24.3 Å². The number of thiophene rings is 1. The van der Waals surface area contributed by atoms with Crippen LogP contribution in [0.4, 0.5) is 4.79 Å². The number of likely N-dealkylation sites (tertiary alicyclic amines) is 1. The second-order valence-corrected chi connectivity index (χ2v) is 7.62. The van der Waals surface area contributed by atoms with Crippen molar-refractivity contribution in [3.63, 3.8) is 0 Å². The number of carbonyl (C=O) groups excluding carboxylic acids is 4. The van der Waals surface area contributed by atoms with Gasteiger partial charge in [0.1, 0.15) is 12.6 Å². The average molecular weight is 421 g/mol. The molecule has 1 fully saturated rings. The van der Waals surface area contributed by atoms with Gasteiger partial charge in [-0.1, -0.05) is 6.07 Å². The lowest BCUT2D eigenvalue weighted by Crippen LogP contribution is -2.50. The molecule has 0 unspecified atom stereocenters. The zero-order valence-electron chi connectivity index (χ0n) is 16.2. The Labute approximate surface area is 172 Å². The fourth-order valence-electron chi connectivity index (χ4n) is 3.43. The van der Waals surface area contributed by atoms with Gasteiger partial charge in [-0.3, -0.25) is 4.79 Å². The van der Waals surface area contributed by atoms with Crippen LogP contribution in [0, 0.1) is 0 Å². The summed E-state index contributed by atoms with van der Waals surface area (Å²) in [6.07, 6.45) is 1.20. The number of urea groups is 1. The van der Waals surface area contributed by atoms with Crippen LogP contribution >= 0.6 is 11.3 Å². The molecule has 2 aliphatic heterocycles. The van der Waals surface area contributed by atoms with Crippen molar-refractivity contribution in [2.45, 2.75) is 38.8 Å². The number of carbonyl (C=O) groups is 4. The number of hydrogen-bond acceptors (Lipinski definition) is 7. The summed E-state index contributed by atoms with van der Waals surface area (Å²) in [5.41, 5.74) is 0.388. The number of esters is 2. The normalized spacial score (nSPS) is 21.4. The van der Waals surface area contributed by atoms with Crippen molar-refractivity contribution in [3.8, 4) is 0 Å². The van der Waals surface area contributed by atoms with E-state index in [-0.39, 0.29) is 30.4 Å². The molecule has 1 aromatic heterocycles. The zero-order valence-corrected chi connectivity index (χ0v) is 17.0. The lowest BCUT2D eigenvalue weighted by Gasteiger charge is -2.27. The predicted octanol–water partition coefficient (Wildman–Crippen LogP) is 1.41. The number of nitrogens with one attached hydrogen (secondary N) is 2. The molecular weight excluding hydrogens is 398 g/mol. The maximum atomic E-state index is 12.7. The van der Waals surface area contributed by atoms with Crippen LogP contribution in [-0.4, -0.2) is 60.6 Å². The molecule has 0 aromatic carbocycles. The smallest absolute Gasteiger partial charge is 0.338 e. The minimum Gasteiger partial charge on any atom is -0.463 e. The highest BCUT2D eigenvalue weighted by molar-refractivity contribution is 7.12. The molecule has 0 radical (unpaired) electrons. The van der Waals surface area contributed by atoms with E-state index in [1.165, 1.54) is 16.2 Å². The van der Waals surface area contributed by atoms with Gasteiger partial charge in [0.25, 0.3) is 5.91 Å². The molecule has 2 atom stereocenters. The van der Waals surface area contributed by atoms with E-state index in [4.69, 9.17) is 9.47 Å². The maximum Gasteiger partial charge on any atom is 0.338 e. The van der Waals surface area contributed by atoms with Crippen molar-refractivity contribution >= 4 is 35.2 Å². The van der Waals surface area contributed by atoms with Crippen LogP contribution in [0.25, 0.3) is 0 Å². The fraction of sp³-hybridized carbons (Fsp3) is 0.474. The van der Waals surface area contributed by atoms with Gasteiger partial charge in [0.15, 0.2) is 0 Å². The third kappa shape index (κ3) is 4.58. The molecule has 0 bridgehead atoms. The van der Waals surface area contributed by atoms with Gasteiger partial charge in [0, 0.05) is 6.54 Å². The summed E-state index contributed by atoms with van der Waals surface area (Å²) in [5, 5.41) is 6.90. The van der Waals surface area contributed by atoms with E-state index < -0.39 is 30.1 Å². The summed E-state index contributed by atoms with van der Waals surface area (Å²) < 4.78 is 10.4. The molecule has 0 saturated carbocycles. The van der Waals surface area contributed by atoms with Crippen LogP contribution in [0.2, 0.25) is 0 Å². The second-order valence-electron chi connectivity index (χ2n) is 6.67. The van der Waals surface area contributed by atoms with Gasteiger partial charge in [-0.2, -0.15) is 0 Å². The molecule has 0 aliphatic carbocycles. The largest absolute Gasteiger partial charge is 0.463 e. The van der Waals surface area contributed by atoms with Crippen LogP contribution in [0.15, 0.2) is 28.8 Å². The monoisotopic (exact) mass is 421 g/mol. The molecule has 3 heterocycles. The van der Waals surface area contributed by atoms with E-state index in [0.717, 1.165) is 0 Å². The molecule has 156 valence electrons. The van der Waals surface area contributed by atoms with Gasteiger partial charge in [0.05, 0.1) is 28.8 Å². The Balaban J connectivity index is 1.70. The predicted molar refractivity (Wildman–Crippen MR) is 104 cm³/mol. The zero-order chi connectivity index (χ0) is 21.0. The van der Waals surface area contributed by atoms with Gasteiger partial charge in [-0.25, -0.2) is 14.4 Å². The number of ether oxygens (including phenoxy) is 2.